The zero-order valence-electron chi connectivity index (χ0n) is 35.5. The van der Waals surface area contributed by atoms with E-state index in [4.69, 9.17) is 142 Å². The molecule has 0 aliphatic heterocycles. The van der Waals surface area contributed by atoms with E-state index >= 15 is 0 Å². The third kappa shape index (κ3) is 27.9. The van der Waals surface area contributed by atoms with Crippen LogP contribution in [0.2, 0.25) is 0 Å². The molecule has 376 valence electrons. The number of alkyl halides is 11. The molecule has 0 aromatic rings. The van der Waals surface area contributed by atoms with Crippen molar-refractivity contribution in [3.63, 3.8) is 0 Å². The van der Waals surface area contributed by atoms with Gasteiger partial charge in [-0.3, -0.25) is 9.35 Å². The molecule has 0 amide bonds. The van der Waals surface area contributed by atoms with E-state index in [-0.39, 0.29) is 25.2 Å². The molecule has 0 spiro atoms. The highest BCUT2D eigenvalue weighted by Crippen LogP contribution is 2.39. The Labute approximate surface area is 430 Å². The van der Waals surface area contributed by atoms with E-state index in [1.54, 1.807) is 19.1 Å². The average Bonchev–Trinajstić information content (AvgIpc) is 3.23. The Morgan fingerprint density at radius 2 is 1.14 bits per heavy atom. The lowest BCUT2D eigenvalue weighted by Crippen LogP contribution is -2.52. The topological polar surface area (TPSA) is 191 Å². The van der Waals surface area contributed by atoms with Crippen molar-refractivity contribution in [2.45, 2.75) is 219 Å². The van der Waals surface area contributed by atoms with E-state index < -0.39 is 113 Å². The van der Waals surface area contributed by atoms with Crippen LogP contribution in [0.25, 0.3) is 0 Å². The van der Waals surface area contributed by atoms with Gasteiger partial charge in [0.2, 0.25) is 0 Å². The maximum absolute atomic E-state index is 12.4. The average molecular weight is 1150 g/mol. The third-order valence-corrected chi connectivity index (χ3v) is 16.8. The van der Waals surface area contributed by atoms with Crippen LogP contribution in [0.5, 0.6) is 0 Å². The molecule has 0 saturated carbocycles. The number of ether oxygens (including phenoxy) is 1. The predicted molar refractivity (Wildman–Crippen MR) is 262 cm³/mol. The second-order valence-electron chi connectivity index (χ2n) is 15.8. The Morgan fingerprint density at radius 1 is 0.667 bits per heavy atom. The summed E-state index contributed by atoms with van der Waals surface area (Å²) in [5.41, 5.74) is 0. The fourth-order valence-electron chi connectivity index (χ4n) is 6.41. The predicted octanol–water partition coefficient (Wildman–Crippen LogP) is 10.8. The number of halogens is 11. The molecule has 0 aromatic carbocycles. The fraction of sp³-hybridized carbons (Fsp3) is 0.925. The van der Waals surface area contributed by atoms with Gasteiger partial charge < -0.3 is 30.3 Å². The van der Waals surface area contributed by atoms with Crippen LogP contribution in [0.15, 0.2) is 12.2 Å². The van der Waals surface area contributed by atoms with Crippen molar-refractivity contribution in [2.75, 3.05) is 6.61 Å². The summed E-state index contributed by atoms with van der Waals surface area (Å²) in [5.74, 6) is -0.334. The molecule has 0 aliphatic carbocycles. The summed E-state index contributed by atoms with van der Waals surface area (Å²) in [7, 11) is -5.11. The van der Waals surface area contributed by atoms with Crippen molar-refractivity contribution in [3.05, 3.63) is 12.2 Å². The van der Waals surface area contributed by atoms with Crippen molar-refractivity contribution in [3.8, 4) is 0 Å². The minimum Gasteiger partial charge on any atom is -0.458 e. The molecule has 0 rings (SSSR count). The summed E-state index contributed by atoms with van der Waals surface area (Å²) in [6.07, 6.45) is 9.29. The minimum absolute atomic E-state index is 0.0453. The Balaban J connectivity index is 5.14. The molecule has 0 fully saturated rings. The Bertz CT molecular complexity index is 1350. The molecular formula is C40H67Cl11O11S. The summed E-state index contributed by atoms with van der Waals surface area (Å²) in [6.45, 7) is 3.26. The lowest BCUT2D eigenvalue weighted by atomic mass is 9.96. The number of rotatable bonds is 38. The van der Waals surface area contributed by atoms with E-state index in [0.717, 1.165) is 25.7 Å². The highest BCUT2D eigenvalue weighted by molar-refractivity contribution is 7.80. The lowest BCUT2D eigenvalue weighted by molar-refractivity contribution is -0.146. The number of hydrogen-bond acceptors (Lipinski definition) is 10. The van der Waals surface area contributed by atoms with Gasteiger partial charge in [0.05, 0.1) is 79.4 Å². The highest BCUT2D eigenvalue weighted by atomic mass is 35.5. The van der Waals surface area contributed by atoms with E-state index in [1.807, 2.05) is 0 Å². The molecule has 15 atom stereocenters. The second-order valence-corrected chi connectivity index (χ2v) is 23.1. The van der Waals surface area contributed by atoms with Crippen molar-refractivity contribution in [1.29, 1.82) is 0 Å². The van der Waals surface area contributed by atoms with Crippen LogP contribution in [0.3, 0.4) is 0 Å². The lowest BCUT2D eigenvalue weighted by Gasteiger charge is -2.36. The smallest absolute Gasteiger partial charge is 0.397 e. The van der Waals surface area contributed by atoms with Gasteiger partial charge in [-0.1, -0.05) is 113 Å². The Kier molecular flexibility index (Phi) is 36.4. The number of allylic oxidation sites excluding steroid dienone is 1. The van der Waals surface area contributed by atoms with Crippen LogP contribution in [0.1, 0.15) is 129 Å². The molecular weight excluding hydrogens is 1080 g/mol. The zero-order valence-corrected chi connectivity index (χ0v) is 44.7. The molecule has 5 unspecified atom stereocenters. The molecule has 23 heteroatoms. The van der Waals surface area contributed by atoms with Gasteiger partial charge in [0, 0.05) is 6.42 Å². The number of carbonyl (C=O) groups is 1. The first kappa shape index (κ1) is 65.1. The van der Waals surface area contributed by atoms with Crippen LogP contribution in [-0.2, 0) is 24.1 Å². The molecule has 11 nitrogen and oxygen atoms in total. The van der Waals surface area contributed by atoms with Crippen LogP contribution >= 0.6 is 128 Å². The van der Waals surface area contributed by atoms with Crippen molar-refractivity contribution in [2.24, 2.45) is 0 Å². The van der Waals surface area contributed by atoms with E-state index in [9.17, 15) is 38.2 Å². The number of hydrogen-bond donors (Lipinski definition) is 6. The SMILES string of the molecule is CCCCCCCCCCCCCCCC(=O)OC(C)/C=C/C[C@@H](Cl)[C@H](Cl)[C@H](CC(Cl)[C@H](Cl)[C@@H](O)[C@H](Cl)[C@@H](Cl)[C@H](Cl)C(O)[C@H](Cl)[C@@H](O)C(Cl)(Cl)CCC(Cl)C(O)CO)OS(=O)(=O)O. The van der Waals surface area contributed by atoms with Gasteiger partial charge in [-0.15, -0.1) is 104 Å². The van der Waals surface area contributed by atoms with Gasteiger partial charge in [-0.25, -0.2) is 4.18 Å². The first-order valence-corrected chi connectivity index (χ1v) is 27.4. The van der Waals surface area contributed by atoms with Gasteiger partial charge in [0.15, 0.2) is 0 Å². The van der Waals surface area contributed by atoms with Gasteiger partial charge in [0.1, 0.15) is 16.5 Å². The molecule has 0 aliphatic rings. The second kappa shape index (κ2) is 35.2. The molecule has 6 N–H and O–H groups in total. The molecule has 0 bridgehead atoms. The summed E-state index contributed by atoms with van der Waals surface area (Å²) in [5, 5.41) is 38.9. The standard InChI is InChI=1S/C40H67Cl11O11S/c1-3-4-5-6-7-8-9-10-11-12-13-14-15-19-30(54)61-24(2)17-16-18-26(42)31(44)29(62-63(58,59)60)22-27(43)32(45)37(55)34(47)33(46)35(48)38(56)36(49)39(57)40(50,51)21-20-25(41)28(53)23-52/h16-17,24-29,31-39,52-53,55-57H,3-15,18-23H2,1-2H3,(H,58,59,60)/b17-16+/t24?,25?,26-,27?,28?,29+,31+,32+,33-,34-,35+,36+,37-,38?,39-/m1/s1. The first-order valence-electron chi connectivity index (χ1n) is 21.3. The van der Waals surface area contributed by atoms with Gasteiger partial charge in [0.25, 0.3) is 0 Å². The Hall–Kier alpha value is 2.07. The van der Waals surface area contributed by atoms with Gasteiger partial charge in [-0.05, 0) is 45.1 Å². The number of carbonyl (C=O) groups excluding carboxylic acids is 1. The largest absolute Gasteiger partial charge is 0.458 e. The fourth-order valence-corrected chi connectivity index (χ4v) is 10.4. The van der Waals surface area contributed by atoms with Crippen LogP contribution in [0, 0.1) is 0 Å². The highest BCUT2D eigenvalue weighted by Gasteiger charge is 2.47. The quantitative estimate of drug-likeness (QED) is 0.0113. The monoisotopic (exact) mass is 1140 g/mol. The van der Waals surface area contributed by atoms with Crippen LogP contribution in [0.4, 0.5) is 0 Å². The van der Waals surface area contributed by atoms with Gasteiger partial charge >= 0.3 is 16.4 Å². The number of esters is 1. The molecule has 0 heterocycles. The molecule has 0 aromatic heterocycles. The summed E-state index contributed by atoms with van der Waals surface area (Å²) < 4.78 is 41.3. The van der Waals surface area contributed by atoms with Crippen molar-refractivity contribution in [1.82, 2.24) is 0 Å². The third-order valence-electron chi connectivity index (χ3n) is 10.3. The zero-order chi connectivity index (χ0) is 48.5. The number of aliphatic hydroxyl groups is 5. The van der Waals surface area contributed by atoms with E-state index in [1.165, 1.54) is 57.8 Å². The molecule has 63 heavy (non-hydrogen) atoms. The Morgan fingerprint density at radius 3 is 1.62 bits per heavy atom. The normalized spacial score (nSPS) is 20.1. The minimum atomic E-state index is -5.11. The summed E-state index contributed by atoms with van der Waals surface area (Å²) in [4.78, 5) is 12.4. The van der Waals surface area contributed by atoms with Crippen LogP contribution in [-0.4, -0.2) is 140 Å². The number of unbranched alkanes of at least 4 members (excludes halogenated alkanes) is 12. The molecule has 0 radical (unpaired) electrons. The maximum Gasteiger partial charge on any atom is 0.397 e. The summed E-state index contributed by atoms with van der Waals surface area (Å²) >= 11 is 69.9. The van der Waals surface area contributed by atoms with Gasteiger partial charge in [-0.2, -0.15) is 8.42 Å². The van der Waals surface area contributed by atoms with E-state index in [2.05, 4.69) is 6.92 Å². The summed E-state index contributed by atoms with van der Waals surface area (Å²) in [6, 6.07) is 0. The first-order chi connectivity index (χ1) is 29.3. The van der Waals surface area contributed by atoms with Crippen molar-refractivity contribution >= 4 is 144 Å². The van der Waals surface area contributed by atoms with E-state index in [0.29, 0.717) is 6.42 Å². The van der Waals surface area contributed by atoms with Crippen LogP contribution < -0.4 is 0 Å². The van der Waals surface area contributed by atoms with Crippen molar-refractivity contribution < 1.29 is 52.2 Å². The maximum atomic E-state index is 12.4. The number of aliphatic hydroxyl groups excluding tert-OH is 5. The molecule has 0 saturated heterocycles.